The minimum atomic E-state index is -0.736. The molecule has 49 heavy (non-hydrogen) atoms. The first-order chi connectivity index (χ1) is 23.0. The highest BCUT2D eigenvalue weighted by atomic mass is 16.6. The molecular formula is C35H48N6O8. The van der Waals surface area contributed by atoms with Gasteiger partial charge in [0.05, 0.1) is 18.6 Å². The lowest BCUT2D eigenvalue weighted by Crippen LogP contribution is -2.46. The lowest BCUT2D eigenvalue weighted by Gasteiger charge is -2.32. The van der Waals surface area contributed by atoms with Crippen LogP contribution in [0.25, 0.3) is 0 Å². The summed E-state index contributed by atoms with van der Waals surface area (Å²) in [6.07, 6.45) is 0.660. The molecule has 2 aromatic carbocycles. The van der Waals surface area contributed by atoms with E-state index in [0.29, 0.717) is 37.1 Å². The summed E-state index contributed by atoms with van der Waals surface area (Å²) in [5, 5.41) is 43.5. The molecule has 266 valence electrons. The Hall–Kier alpha value is -5.14. The van der Waals surface area contributed by atoms with Crippen LogP contribution >= 0.6 is 0 Å². The molecule has 0 radical (unpaired) electrons. The Morgan fingerprint density at radius 2 is 1.63 bits per heavy atom. The van der Waals surface area contributed by atoms with Crippen LogP contribution in [0, 0.1) is 16.7 Å². The molecule has 0 unspecified atom stereocenters. The molecule has 6 N–H and O–H groups in total. The zero-order valence-electron chi connectivity index (χ0n) is 29.0. The SMILES string of the molecule is CCNC(=O)C(=N)N(C(=N)c1cc(C(C)C)c(O)cc1O)c1ccc(C(=O)N2CCC(COC(=O)NCCC(=O)OC(C)(C)C)CC2)cc1. The third-order valence-electron chi connectivity index (χ3n) is 7.76. The third-order valence-corrected chi connectivity index (χ3v) is 7.76. The number of anilines is 1. The minimum absolute atomic E-state index is 0.0147. The predicted octanol–water partition coefficient (Wildman–Crippen LogP) is 4.48. The number of nitrogens with one attached hydrogen (secondary N) is 4. The molecule has 0 bridgehead atoms. The van der Waals surface area contributed by atoms with Crippen LogP contribution in [0.2, 0.25) is 0 Å². The van der Waals surface area contributed by atoms with Crippen molar-refractivity contribution in [3.8, 4) is 11.5 Å². The standard InChI is InChI=1S/C35H48N6O8/c1-7-38-32(45)31(37)41(30(36)26-18-25(21(2)3)27(42)19-28(26)43)24-10-8-23(9-11-24)33(46)40-16-13-22(14-17-40)20-48-34(47)39-15-12-29(44)49-35(4,5)6/h8-11,18-19,21-22,36-37,42-43H,7,12-17,20H2,1-6H3,(H,38,45)(H,39,47). The van der Waals surface area contributed by atoms with Gasteiger partial charge in [0.15, 0.2) is 5.84 Å². The van der Waals surface area contributed by atoms with Crippen molar-refractivity contribution in [3.63, 3.8) is 0 Å². The van der Waals surface area contributed by atoms with E-state index in [1.807, 2.05) is 13.8 Å². The number of likely N-dealkylation sites (N-methyl/N-ethyl adjacent to an activating group) is 1. The third kappa shape index (κ3) is 10.7. The van der Waals surface area contributed by atoms with E-state index in [4.69, 9.17) is 20.3 Å². The number of carbonyl (C=O) groups excluding carboxylic acids is 4. The number of alkyl carbamates (subject to hydrolysis) is 1. The maximum Gasteiger partial charge on any atom is 0.407 e. The fraction of sp³-hybridized carbons (Fsp3) is 0.486. The summed E-state index contributed by atoms with van der Waals surface area (Å²) in [6, 6.07) is 8.75. The first-order valence-electron chi connectivity index (χ1n) is 16.4. The number of benzene rings is 2. The molecule has 0 aliphatic carbocycles. The number of rotatable bonds is 10. The smallest absolute Gasteiger partial charge is 0.407 e. The van der Waals surface area contributed by atoms with E-state index in [1.165, 1.54) is 18.2 Å². The van der Waals surface area contributed by atoms with Crippen LogP contribution in [-0.2, 0) is 19.1 Å². The number of nitrogens with zero attached hydrogens (tertiary/aromatic N) is 2. The van der Waals surface area contributed by atoms with Crippen LogP contribution in [0.1, 0.15) is 88.2 Å². The highest BCUT2D eigenvalue weighted by Crippen LogP contribution is 2.34. The number of hydrogen-bond acceptors (Lipinski definition) is 10. The second-order valence-electron chi connectivity index (χ2n) is 13.1. The lowest BCUT2D eigenvalue weighted by molar-refractivity contribution is -0.154. The molecule has 2 aromatic rings. The second kappa shape index (κ2) is 16.8. The Labute approximate surface area is 286 Å². The fourth-order valence-corrected chi connectivity index (χ4v) is 5.22. The molecule has 1 saturated heterocycles. The van der Waals surface area contributed by atoms with Crippen molar-refractivity contribution in [2.45, 2.75) is 72.3 Å². The van der Waals surface area contributed by atoms with E-state index in [2.05, 4.69) is 10.6 Å². The molecule has 0 aromatic heterocycles. The summed E-state index contributed by atoms with van der Waals surface area (Å²) < 4.78 is 10.5. The van der Waals surface area contributed by atoms with Gasteiger partial charge in [-0.1, -0.05) is 13.8 Å². The maximum atomic E-state index is 13.3. The monoisotopic (exact) mass is 680 g/mol. The van der Waals surface area contributed by atoms with Crippen molar-refractivity contribution in [1.29, 1.82) is 10.8 Å². The Morgan fingerprint density at radius 1 is 1.00 bits per heavy atom. The van der Waals surface area contributed by atoms with Gasteiger partial charge < -0.3 is 35.2 Å². The van der Waals surface area contributed by atoms with Gasteiger partial charge in [-0.25, -0.2) is 4.79 Å². The molecule has 0 spiro atoms. The number of phenolic OH excluding ortho intramolecular Hbond substituents is 2. The number of ether oxygens (including phenoxy) is 2. The van der Waals surface area contributed by atoms with Gasteiger partial charge in [-0.15, -0.1) is 0 Å². The topological polar surface area (TPSA) is 205 Å². The number of piperidine rings is 1. The average Bonchev–Trinajstić information content (AvgIpc) is 3.03. The highest BCUT2D eigenvalue weighted by molar-refractivity contribution is 6.48. The van der Waals surface area contributed by atoms with Crippen molar-refractivity contribution in [2.75, 3.05) is 37.7 Å². The number of likely N-dealkylation sites (tertiary alicyclic amines) is 1. The van der Waals surface area contributed by atoms with Crippen molar-refractivity contribution < 1.29 is 38.9 Å². The van der Waals surface area contributed by atoms with Crippen LogP contribution < -0.4 is 15.5 Å². The molecular weight excluding hydrogens is 632 g/mol. The number of amidine groups is 2. The zero-order chi connectivity index (χ0) is 36.5. The number of aromatic hydroxyl groups is 2. The summed E-state index contributed by atoms with van der Waals surface area (Å²) in [5.41, 5.74) is 0.518. The Morgan fingerprint density at radius 3 is 2.20 bits per heavy atom. The summed E-state index contributed by atoms with van der Waals surface area (Å²) in [7, 11) is 0. The molecule has 14 heteroatoms. The summed E-state index contributed by atoms with van der Waals surface area (Å²) in [4.78, 5) is 52.7. The Balaban J connectivity index is 1.63. The lowest BCUT2D eigenvalue weighted by atomic mass is 9.97. The average molecular weight is 681 g/mol. The van der Waals surface area contributed by atoms with Gasteiger partial charge in [-0.05, 0) is 88.3 Å². The van der Waals surface area contributed by atoms with Gasteiger partial charge in [0.2, 0.25) is 0 Å². The van der Waals surface area contributed by atoms with Crippen molar-refractivity contribution in [3.05, 3.63) is 53.1 Å². The molecule has 0 atom stereocenters. The van der Waals surface area contributed by atoms with Crippen LogP contribution in [0.3, 0.4) is 0 Å². The summed E-state index contributed by atoms with van der Waals surface area (Å²) >= 11 is 0. The Kier molecular flexibility index (Phi) is 13.1. The van der Waals surface area contributed by atoms with E-state index >= 15 is 0 Å². The van der Waals surface area contributed by atoms with Gasteiger partial charge in [-0.3, -0.25) is 30.1 Å². The van der Waals surface area contributed by atoms with Crippen molar-refractivity contribution in [1.82, 2.24) is 15.5 Å². The number of amides is 3. The second-order valence-corrected chi connectivity index (χ2v) is 13.1. The first kappa shape index (κ1) is 38.3. The zero-order valence-corrected chi connectivity index (χ0v) is 29.0. The quantitative estimate of drug-likeness (QED) is 0.119. The number of hydrogen-bond donors (Lipinski definition) is 6. The van der Waals surface area contributed by atoms with Gasteiger partial charge >= 0.3 is 12.1 Å². The van der Waals surface area contributed by atoms with E-state index in [-0.39, 0.29) is 72.4 Å². The van der Waals surface area contributed by atoms with Crippen LogP contribution in [0.15, 0.2) is 36.4 Å². The normalized spacial score (nSPS) is 13.4. The summed E-state index contributed by atoms with van der Waals surface area (Å²) in [5.74, 6) is -2.88. The molecule has 1 fully saturated rings. The fourth-order valence-electron chi connectivity index (χ4n) is 5.22. The van der Waals surface area contributed by atoms with Crippen LogP contribution in [0.5, 0.6) is 11.5 Å². The van der Waals surface area contributed by atoms with Crippen LogP contribution in [-0.4, -0.2) is 89.0 Å². The highest BCUT2D eigenvalue weighted by Gasteiger charge is 2.29. The van der Waals surface area contributed by atoms with E-state index in [0.717, 1.165) is 11.0 Å². The minimum Gasteiger partial charge on any atom is -0.508 e. The van der Waals surface area contributed by atoms with Gasteiger partial charge in [0.25, 0.3) is 11.8 Å². The molecule has 14 nitrogen and oxygen atoms in total. The summed E-state index contributed by atoms with van der Waals surface area (Å²) in [6.45, 7) is 12.1. The van der Waals surface area contributed by atoms with Gasteiger partial charge in [-0.2, -0.15) is 0 Å². The van der Waals surface area contributed by atoms with Gasteiger partial charge in [0.1, 0.15) is 22.9 Å². The van der Waals surface area contributed by atoms with E-state index in [1.54, 1.807) is 44.7 Å². The Bertz CT molecular complexity index is 1540. The van der Waals surface area contributed by atoms with Crippen molar-refractivity contribution >= 4 is 41.2 Å². The van der Waals surface area contributed by atoms with E-state index < -0.39 is 29.4 Å². The largest absolute Gasteiger partial charge is 0.508 e. The van der Waals surface area contributed by atoms with Crippen LogP contribution in [0.4, 0.5) is 10.5 Å². The van der Waals surface area contributed by atoms with Gasteiger partial charge in [0, 0.05) is 43.5 Å². The molecule has 1 heterocycles. The predicted molar refractivity (Wildman–Crippen MR) is 184 cm³/mol. The maximum absolute atomic E-state index is 13.3. The molecule has 3 amide bonds. The van der Waals surface area contributed by atoms with E-state index in [9.17, 15) is 29.4 Å². The van der Waals surface area contributed by atoms with Crippen molar-refractivity contribution in [2.24, 2.45) is 5.92 Å². The molecule has 1 aliphatic heterocycles. The molecule has 0 saturated carbocycles. The number of carbonyl (C=O) groups is 4. The first-order valence-corrected chi connectivity index (χ1v) is 16.4. The molecule has 1 aliphatic rings. The number of phenols is 2. The number of esters is 1. The molecule has 3 rings (SSSR count).